The summed E-state index contributed by atoms with van der Waals surface area (Å²) in [4.78, 5) is 22.7. The van der Waals surface area contributed by atoms with Gasteiger partial charge in [-0.15, -0.1) is 10.2 Å². The molecule has 42 heavy (non-hydrogen) atoms. The van der Waals surface area contributed by atoms with Gasteiger partial charge in [-0.2, -0.15) is 18.0 Å². The molecule has 1 saturated heterocycles. The fourth-order valence-electron chi connectivity index (χ4n) is 4.58. The van der Waals surface area contributed by atoms with Gasteiger partial charge in [0.25, 0.3) is 0 Å². The Balaban J connectivity index is 1.33. The summed E-state index contributed by atoms with van der Waals surface area (Å²) in [6.07, 6.45) is 0.0441. The van der Waals surface area contributed by atoms with Crippen molar-refractivity contribution in [2.75, 3.05) is 46.1 Å². The molecular weight excluding hydrogens is 558 g/mol. The predicted molar refractivity (Wildman–Crippen MR) is 145 cm³/mol. The Kier molecular flexibility index (Phi) is 10.6. The van der Waals surface area contributed by atoms with Crippen molar-refractivity contribution in [1.29, 1.82) is 0 Å². The summed E-state index contributed by atoms with van der Waals surface area (Å²) in [7, 11) is 0. The van der Waals surface area contributed by atoms with Crippen molar-refractivity contribution in [2.24, 2.45) is 0 Å². The Morgan fingerprint density at radius 2 is 1.95 bits per heavy atom. The maximum atomic E-state index is 13.4. The number of amides is 1. The van der Waals surface area contributed by atoms with Crippen LogP contribution in [0.3, 0.4) is 0 Å². The molecule has 1 aromatic carbocycles. The number of carbonyl (C=O) groups is 1. The van der Waals surface area contributed by atoms with Crippen LogP contribution in [0.4, 0.5) is 17.6 Å². The minimum atomic E-state index is -4.51. The molecule has 4 rings (SSSR count). The lowest BCUT2D eigenvalue weighted by atomic mass is 10.0. The molecule has 2 aromatic heterocycles. The Labute approximate surface area is 240 Å². The number of nitrogens with zero attached hydrogens (tertiary/aromatic N) is 7. The summed E-state index contributed by atoms with van der Waals surface area (Å²) in [5, 5.41) is 11.7. The van der Waals surface area contributed by atoms with Crippen LogP contribution in [0.25, 0.3) is 6.08 Å². The number of carbonyl (C=O) groups excluding carboxylic acids is 1. The average Bonchev–Trinajstić information content (AvgIpc) is 3.36. The van der Waals surface area contributed by atoms with E-state index in [1.165, 1.54) is 23.0 Å². The summed E-state index contributed by atoms with van der Waals surface area (Å²) < 4.78 is 62.7. The molecule has 3 aromatic rings. The highest BCUT2D eigenvalue weighted by atomic mass is 19.4. The molecule has 0 spiro atoms. The second-order valence-electron chi connectivity index (χ2n) is 9.86. The van der Waals surface area contributed by atoms with E-state index in [0.29, 0.717) is 62.1 Å². The van der Waals surface area contributed by atoms with Crippen molar-refractivity contribution in [3.8, 4) is 5.75 Å². The van der Waals surface area contributed by atoms with Crippen molar-refractivity contribution in [3.63, 3.8) is 0 Å². The molecule has 1 amide bonds. The van der Waals surface area contributed by atoms with Crippen LogP contribution in [0.2, 0.25) is 0 Å². The molecule has 0 N–H and O–H groups in total. The first kappa shape index (κ1) is 31.0. The summed E-state index contributed by atoms with van der Waals surface area (Å²) >= 11 is 0. The number of ether oxygens (including phenoxy) is 2. The smallest absolute Gasteiger partial charge is 0.416 e. The maximum Gasteiger partial charge on any atom is 0.416 e. The molecule has 0 saturated carbocycles. The maximum absolute atomic E-state index is 13.4. The van der Waals surface area contributed by atoms with Crippen molar-refractivity contribution in [1.82, 2.24) is 35.0 Å². The van der Waals surface area contributed by atoms with E-state index in [9.17, 15) is 22.4 Å². The zero-order valence-electron chi connectivity index (χ0n) is 23.4. The Bertz CT molecular complexity index is 1350. The third-order valence-corrected chi connectivity index (χ3v) is 6.64. The predicted octanol–water partition coefficient (Wildman–Crippen LogP) is 3.55. The highest BCUT2D eigenvalue weighted by molar-refractivity contribution is 5.92. The van der Waals surface area contributed by atoms with Gasteiger partial charge in [-0.1, -0.05) is 6.07 Å². The van der Waals surface area contributed by atoms with E-state index < -0.39 is 18.4 Å². The van der Waals surface area contributed by atoms with E-state index in [0.717, 1.165) is 17.8 Å². The molecule has 0 unspecified atom stereocenters. The van der Waals surface area contributed by atoms with Gasteiger partial charge in [0.15, 0.2) is 5.82 Å². The zero-order chi connectivity index (χ0) is 30.1. The van der Waals surface area contributed by atoms with E-state index in [-0.39, 0.29) is 25.1 Å². The minimum Gasteiger partial charge on any atom is -0.490 e. The molecule has 1 fully saturated rings. The van der Waals surface area contributed by atoms with Gasteiger partial charge < -0.3 is 14.4 Å². The van der Waals surface area contributed by atoms with Gasteiger partial charge in [0.05, 0.1) is 37.2 Å². The number of rotatable bonds is 12. The van der Waals surface area contributed by atoms with Crippen molar-refractivity contribution in [3.05, 3.63) is 70.8 Å². The second kappa shape index (κ2) is 14.3. The lowest BCUT2D eigenvalue weighted by Crippen LogP contribution is -2.53. The van der Waals surface area contributed by atoms with Crippen molar-refractivity contribution in [2.45, 2.75) is 39.2 Å². The lowest BCUT2D eigenvalue weighted by Gasteiger charge is -2.39. The molecule has 0 aliphatic carbocycles. The summed E-state index contributed by atoms with van der Waals surface area (Å²) in [5.74, 6) is 0.775. The number of tetrazole rings is 1. The summed E-state index contributed by atoms with van der Waals surface area (Å²) in [6, 6.07) is 6.99. The lowest BCUT2D eigenvalue weighted by molar-refractivity contribution is -0.137. The molecule has 10 nitrogen and oxygen atoms in total. The van der Waals surface area contributed by atoms with Crippen LogP contribution >= 0.6 is 0 Å². The molecule has 1 aliphatic heterocycles. The van der Waals surface area contributed by atoms with Crippen LogP contribution in [0.5, 0.6) is 5.75 Å². The first-order valence-corrected chi connectivity index (χ1v) is 13.5. The zero-order valence-corrected chi connectivity index (χ0v) is 23.4. The first-order valence-electron chi connectivity index (χ1n) is 13.5. The van der Waals surface area contributed by atoms with Gasteiger partial charge in [0.2, 0.25) is 5.91 Å². The fraction of sp³-hybridized carbons (Fsp3) is 0.464. The highest BCUT2D eigenvalue weighted by Gasteiger charge is 2.31. The van der Waals surface area contributed by atoms with Gasteiger partial charge in [0.1, 0.15) is 19.0 Å². The van der Waals surface area contributed by atoms with Crippen LogP contribution in [0, 0.1) is 6.92 Å². The normalized spacial score (nSPS) is 16.3. The number of pyridine rings is 1. The molecule has 226 valence electrons. The first-order chi connectivity index (χ1) is 20.1. The number of hydrogen-bond donors (Lipinski definition) is 0. The van der Waals surface area contributed by atoms with Gasteiger partial charge >= 0.3 is 6.18 Å². The van der Waals surface area contributed by atoms with Gasteiger partial charge in [0, 0.05) is 38.3 Å². The van der Waals surface area contributed by atoms with E-state index in [1.54, 1.807) is 18.0 Å². The number of hydrogen-bond acceptors (Lipinski definition) is 8. The average molecular weight is 592 g/mol. The van der Waals surface area contributed by atoms with Crippen LogP contribution in [-0.4, -0.2) is 93.1 Å². The molecule has 1 aliphatic rings. The van der Waals surface area contributed by atoms with Crippen molar-refractivity contribution >= 4 is 12.0 Å². The Hall–Kier alpha value is -3.91. The Morgan fingerprint density at radius 1 is 1.12 bits per heavy atom. The molecule has 0 bridgehead atoms. The monoisotopic (exact) mass is 591 g/mol. The van der Waals surface area contributed by atoms with Gasteiger partial charge in [-0.3, -0.25) is 14.7 Å². The van der Waals surface area contributed by atoms with Crippen LogP contribution in [0.1, 0.15) is 35.1 Å². The van der Waals surface area contributed by atoms with E-state index >= 15 is 0 Å². The number of aryl methyl sites for hydroxylation is 1. The van der Waals surface area contributed by atoms with Gasteiger partial charge in [-0.25, -0.2) is 4.39 Å². The largest absolute Gasteiger partial charge is 0.490 e. The van der Waals surface area contributed by atoms with Crippen molar-refractivity contribution < 1.29 is 31.8 Å². The summed E-state index contributed by atoms with van der Waals surface area (Å²) in [6.45, 7) is 6.06. The number of piperazine rings is 1. The Morgan fingerprint density at radius 3 is 2.62 bits per heavy atom. The van der Waals surface area contributed by atoms with Crippen LogP contribution < -0.4 is 4.74 Å². The summed E-state index contributed by atoms with van der Waals surface area (Å²) in [5.41, 5.74) is 0.843. The standard InChI is InChI=1S/C28H33F4N7O3/c1-20-17-37(19-25-6-7-26(16-33-25)42-14-13-41-12-9-29)10-11-38(20)27(40)8-4-22-3-5-24(28(30,31)32)15-23(22)18-39-35-21(2)34-36-39/h3-8,15-16,20H,9-14,17-19H2,1-2H3/b8-4+/t20-/m1/s1. The number of halogens is 4. The molecule has 1 atom stereocenters. The fourth-order valence-corrected chi connectivity index (χ4v) is 4.58. The van der Waals surface area contributed by atoms with E-state index in [4.69, 9.17) is 9.47 Å². The molecule has 14 heteroatoms. The quantitative estimate of drug-likeness (QED) is 0.179. The molecule has 0 radical (unpaired) electrons. The van der Waals surface area contributed by atoms with E-state index in [1.807, 2.05) is 19.1 Å². The topological polar surface area (TPSA) is 98.5 Å². The minimum absolute atomic E-state index is 0.0241. The van der Waals surface area contributed by atoms with Crippen LogP contribution in [0.15, 0.2) is 42.6 Å². The number of alkyl halides is 4. The van der Waals surface area contributed by atoms with Gasteiger partial charge in [-0.05, 0) is 60.5 Å². The SMILES string of the molecule is Cc1nnn(Cc2cc(C(F)(F)F)ccc2/C=C/C(=O)N2CCN(Cc3ccc(OCCOCCF)cn3)C[C@H]2C)n1. The third kappa shape index (κ3) is 8.79. The van der Waals surface area contributed by atoms with Crippen LogP contribution in [-0.2, 0) is 28.8 Å². The third-order valence-electron chi connectivity index (χ3n) is 6.64. The number of benzene rings is 1. The number of aromatic nitrogens is 5. The molecule has 3 heterocycles. The second-order valence-corrected chi connectivity index (χ2v) is 9.86. The molecular formula is C28H33F4N7O3. The van der Waals surface area contributed by atoms with E-state index in [2.05, 4.69) is 25.3 Å². The highest BCUT2D eigenvalue weighted by Crippen LogP contribution is 2.31.